The van der Waals surface area contributed by atoms with Crippen molar-refractivity contribution in [2.24, 2.45) is 0 Å². The maximum atomic E-state index is 9.01. The second-order valence-corrected chi connectivity index (χ2v) is 13.8. The molecule has 3 aromatic carbocycles. The highest BCUT2D eigenvalue weighted by molar-refractivity contribution is 6.19. The fourth-order valence-electron chi connectivity index (χ4n) is 6.23. The first-order chi connectivity index (χ1) is 24.1. The van der Waals surface area contributed by atoms with E-state index in [0.29, 0.717) is 52.9 Å². The first-order valence-electron chi connectivity index (χ1n) is 17.3. The SMILES string of the molecule is COCCOCCOc1ccc(-c2c(-c3ccc(COCCOCCO)c(C[N+](C)(C)C)c3)c3cc(C)cnc3c3ncc(C)cc23)cc1C. The van der Waals surface area contributed by atoms with E-state index in [-0.39, 0.29) is 6.61 Å². The quantitative estimate of drug-likeness (QED) is 0.0612. The van der Waals surface area contributed by atoms with Crippen LogP contribution in [0.4, 0.5) is 0 Å². The molecule has 0 atom stereocenters. The zero-order valence-corrected chi connectivity index (χ0v) is 30.7. The predicted molar refractivity (Wildman–Crippen MR) is 200 cm³/mol. The minimum Gasteiger partial charge on any atom is -0.491 e. The van der Waals surface area contributed by atoms with Crippen LogP contribution in [0.2, 0.25) is 0 Å². The van der Waals surface area contributed by atoms with E-state index in [0.717, 1.165) is 83.1 Å². The number of aromatic nitrogens is 2. The molecule has 0 bridgehead atoms. The lowest BCUT2D eigenvalue weighted by Crippen LogP contribution is -2.33. The second-order valence-electron chi connectivity index (χ2n) is 13.8. The van der Waals surface area contributed by atoms with Gasteiger partial charge in [0, 0.05) is 35.8 Å². The van der Waals surface area contributed by atoms with Crippen molar-refractivity contribution in [2.75, 3.05) is 81.1 Å². The van der Waals surface area contributed by atoms with Crippen LogP contribution in [-0.4, -0.2) is 101 Å². The van der Waals surface area contributed by atoms with Gasteiger partial charge in [0.1, 0.15) is 18.9 Å². The number of aliphatic hydroxyl groups is 1. The van der Waals surface area contributed by atoms with Gasteiger partial charge in [-0.3, -0.25) is 9.97 Å². The molecule has 50 heavy (non-hydrogen) atoms. The van der Waals surface area contributed by atoms with Crippen LogP contribution in [0.3, 0.4) is 0 Å². The van der Waals surface area contributed by atoms with Crippen LogP contribution in [0, 0.1) is 20.8 Å². The summed E-state index contributed by atoms with van der Waals surface area (Å²) in [6.45, 7) is 10.9. The number of hydrogen-bond acceptors (Lipinski definition) is 8. The average Bonchev–Trinajstić information content (AvgIpc) is 3.07. The summed E-state index contributed by atoms with van der Waals surface area (Å²) in [5.41, 5.74) is 11.8. The highest BCUT2D eigenvalue weighted by Crippen LogP contribution is 2.45. The molecule has 0 aliphatic rings. The van der Waals surface area contributed by atoms with Gasteiger partial charge < -0.3 is 33.3 Å². The fourth-order valence-corrected chi connectivity index (χ4v) is 6.23. The summed E-state index contributed by atoms with van der Waals surface area (Å²) in [6, 6.07) is 17.6. The Labute approximate surface area is 296 Å². The van der Waals surface area contributed by atoms with E-state index < -0.39 is 0 Å². The van der Waals surface area contributed by atoms with Crippen molar-refractivity contribution in [1.29, 1.82) is 0 Å². The zero-order valence-electron chi connectivity index (χ0n) is 30.7. The van der Waals surface area contributed by atoms with E-state index >= 15 is 0 Å². The molecule has 5 rings (SSSR count). The number of fused-ring (bicyclic) bond motifs is 3. The lowest BCUT2D eigenvalue weighted by molar-refractivity contribution is -0.884. The third-order valence-corrected chi connectivity index (χ3v) is 8.45. The van der Waals surface area contributed by atoms with Crippen molar-refractivity contribution in [3.63, 3.8) is 0 Å². The van der Waals surface area contributed by atoms with Crippen molar-refractivity contribution in [1.82, 2.24) is 9.97 Å². The normalized spacial score (nSPS) is 11.9. The van der Waals surface area contributed by atoms with Gasteiger partial charge in [0.25, 0.3) is 0 Å². The molecule has 0 spiro atoms. The van der Waals surface area contributed by atoms with Crippen molar-refractivity contribution in [2.45, 2.75) is 33.9 Å². The van der Waals surface area contributed by atoms with Crippen LogP contribution in [0.5, 0.6) is 5.75 Å². The van der Waals surface area contributed by atoms with Gasteiger partial charge >= 0.3 is 0 Å². The summed E-state index contributed by atoms with van der Waals surface area (Å²) >= 11 is 0. The van der Waals surface area contributed by atoms with Crippen molar-refractivity contribution in [3.8, 4) is 28.0 Å². The zero-order chi connectivity index (χ0) is 35.7. The number of methoxy groups -OCH3 is 1. The summed E-state index contributed by atoms with van der Waals surface area (Å²) < 4.78 is 29.0. The topological polar surface area (TPSA) is 92.2 Å². The molecule has 0 aliphatic heterocycles. The molecule has 1 N–H and O–H groups in total. The van der Waals surface area contributed by atoms with Gasteiger partial charge in [0.15, 0.2) is 0 Å². The van der Waals surface area contributed by atoms with E-state index in [1.165, 1.54) is 5.56 Å². The molecular weight excluding hydrogens is 630 g/mol. The number of nitrogens with zero attached hydrogens (tertiary/aromatic N) is 3. The van der Waals surface area contributed by atoms with Gasteiger partial charge in [-0.15, -0.1) is 0 Å². The summed E-state index contributed by atoms with van der Waals surface area (Å²) in [4.78, 5) is 9.93. The van der Waals surface area contributed by atoms with Crippen LogP contribution in [0.15, 0.2) is 60.9 Å². The van der Waals surface area contributed by atoms with E-state index in [4.69, 9.17) is 38.8 Å². The van der Waals surface area contributed by atoms with Crippen LogP contribution >= 0.6 is 0 Å². The molecule has 0 radical (unpaired) electrons. The minimum atomic E-state index is 0.00778. The van der Waals surface area contributed by atoms with E-state index in [1.807, 2.05) is 12.4 Å². The van der Waals surface area contributed by atoms with Gasteiger partial charge in [-0.1, -0.05) is 18.2 Å². The van der Waals surface area contributed by atoms with Gasteiger partial charge in [-0.05, 0) is 95.6 Å². The van der Waals surface area contributed by atoms with Crippen LogP contribution in [0.1, 0.15) is 27.8 Å². The molecule has 0 unspecified atom stereocenters. The summed E-state index contributed by atoms with van der Waals surface area (Å²) in [5, 5.41) is 11.1. The minimum absolute atomic E-state index is 0.00778. The largest absolute Gasteiger partial charge is 0.491 e. The smallest absolute Gasteiger partial charge is 0.122 e. The maximum Gasteiger partial charge on any atom is 0.122 e. The Balaban J connectivity index is 1.65. The van der Waals surface area contributed by atoms with E-state index in [9.17, 15) is 0 Å². The Hall–Kier alpha value is -3.96. The number of quaternary nitrogens is 1. The Bertz CT molecular complexity index is 1900. The van der Waals surface area contributed by atoms with Crippen LogP contribution < -0.4 is 4.74 Å². The molecule has 0 saturated carbocycles. The maximum absolute atomic E-state index is 9.01. The summed E-state index contributed by atoms with van der Waals surface area (Å²) in [7, 11) is 8.28. The second kappa shape index (κ2) is 17.3. The fraction of sp³-hybridized carbons (Fsp3) is 0.415. The van der Waals surface area contributed by atoms with Crippen LogP contribution in [-0.2, 0) is 32.1 Å². The first kappa shape index (κ1) is 37.3. The standard InChI is InChI=1S/C41H52N3O6/c1-28-20-35-38(31-10-11-37(30(3)22-31)50-19-18-48-15-14-46-7)39(36-21-29(2)25-43-41(36)40(35)42-24-28)32-8-9-33(27-49-17-16-47-13-12-45)34(23-32)26-44(4,5)6/h8-11,20-25,45H,12-19,26-27H2,1-7H3/q+1. The molecular formula is C41H52N3O6+. The number of aliphatic hydroxyl groups excluding tert-OH is 1. The molecule has 266 valence electrons. The van der Waals surface area contributed by atoms with Gasteiger partial charge in [0.05, 0.1) is 85.0 Å². The molecule has 9 nitrogen and oxygen atoms in total. The molecule has 9 heteroatoms. The lowest BCUT2D eigenvalue weighted by Gasteiger charge is -2.26. The number of benzene rings is 3. The number of ether oxygens (including phenoxy) is 5. The number of rotatable bonds is 18. The molecule has 0 fully saturated rings. The molecule has 0 aliphatic carbocycles. The third kappa shape index (κ3) is 9.42. The number of aryl methyl sites for hydroxylation is 3. The van der Waals surface area contributed by atoms with Crippen LogP contribution in [0.25, 0.3) is 44.1 Å². The van der Waals surface area contributed by atoms with Crippen molar-refractivity contribution < 1.29 is 33.3 Å². The Kier molecular flexibility index (Phi) is 12.9. The summed E-state index contributed by atoms with van der Waals surface area (Å²) in [5.74, 6) is 0.832. The Morgan fingerprint density at radius 1 is 0.640 bits per heavy atom. The molecule has 2 heterocycles. The monoisotopic (exact) mass is 682 g/mol. The summed E-state index contributed by atoms with van der Waals surface area (Å²) in [6.07, 6.45) is 3.85. The molecule has 0 amide bonds. The van der Waals surface area contributed by atoms with Gasteiger partial charge in [-0.2, -0.15) is 0 Å². The third-order valence-electron chi connectivity index (χ3n) is 8.45. The predicted octanol–water partition coefficient (Wildman–Crippen LogP) is 6.82. The van der Waals surface area contributed by atoms with Crippen molar-refractivity contribution in [3.05, 3.63) is 88.7 Å². The van der Waals surface area contributed by atoms with E-state index in [1.54, 1.807) is 7.11 Å². The molecule has 0 saturated heterocycles. The molecule has 2 aromatic heterocycles. The van der Waals surface area contributed by atoms with Gasteiger partial charge in [0.2, 0.25) is 0 Å². The lowest BCUT2D eigenvalue weighted by atomic mass is 9.85. The Morgan fingerprint density at radius 2 is 1.22 bits per heavy atom. The van der Waals surface area contributed by atoms with E-state index in [2.05, 4.69) is 90.4 Å². The highest BCUT2D eigenvalue weighted by atomic mass is 16.5. The average molecular weight is 683 g/mol. The van der Waals surface area contributed by atoms with Gasteiger partial charge in [-0.25, -0.2) is 0 Å². The van der Waals surface area contributed by atoms with Crippen molar-refractivity contribution >= 4 is 21.8 Å². The number of hydrogen-bond donors (Lipinski definition) is 1. The highest BCUT2D eigenvalue weighted by Gasteiger charge is 2.22. The Morgan fingerprint density at radius 3 is 1.84 bits per heavy atom. The first-order valence-corrected chi connectivity index (χ1v) is 17.3. The molecule has 5 aromatic rings. The number of pyridine rings is 2.